The fourth-order valence-corrected chi connectivity index (χ4v) is 1.75. The van der Waals surface area contributed by atoms with E-state index in [1.807, 2.05) is 23.9 Å². The SMILES string of the molecule is CCOC(=O)C(C)(N)CCCCn1ccc(C)n1. The van der Waals surface area contributed by atoms with Gasteiger partial charge in [-0.25, -0.2) is 0 Å². The van der Waals surface area contributed by atoms with Crippen LogP contribution in [0.2, 0.25) is 0 Å². The van der Waals surface area contributed by atoms with Crippen LogP contribution in [0.1, 0.15) is 38.8 Å². The predicted molar refractivity (Wildman–Crippen MR) is 70.0 cm³/mol. The minimum Gasteiger partial charge on any atom is -0.465 e. The Bertz CT molecular complexity index is 385. The van der Waals surface area contributed by atoms with E-state index in [9.17, 15) is 4.79 Å². The largest absolute Gasteiger partial charge is 0.465 e. The third kappa shape index (κ3) is 4.49. The maximum absolute atomic E-state index is 11.6. The van der Waals surface area contributed by atoms with Crippen molar-refractivity contribution in [2.45, 2.75) is 52.1 Å². The van der Waals surface area contributed by atoms with E-state index in [0.29, 0.717) is 13.0 Å². The van der Waals surface area contributed by atoms with Crippen LogP contribution in [0.5, 0.6) is 0 Å². The van der Waals surface area contributed by atoms with Gasteiger partial charge in [-0.05, 0) is 46.1 Å². The monoisotopic (exact) mass is 253 g/mol. The van der Waals surface area contributed by atoms with Crippen LogP contribution in [0.15, 0.2) is 12.3 Å². The molecular formula is C13H23N3O2. The normalized spacial score (nSPS) is 14.2. The van der Waals surface area contributed by atoms with Gasteiger partial charge < -0.3 is 10.5 Å². The number of hydrogen-bond donors (Lipinski definition) is 1. The molecule has 0 aromatic carbocycles. The average Bonchev–Trinajstić information content (AvgIpc) is 2.71. The van der Waals surface area contributed by atoms with Gasteiger partial charge >= 0.3 is 5.97 Å². The van der Waals surface area contributed by atoms with E-state index < -0.39 is 5.54 Å². The highest BCUT2D eigenvalue weighted by Gasteiger charge is 2.28. The molecule has 0 aliphatic rings. The molecule has 2 N–H and O–H groups in total. The van der Waals surface area contributed by atoms with E-state index in [0.717, 1.165) is 25.1 Å². The van der Waals surface area contributed by atoms with Crippen molar-refractivity contribution in [3.63, 3.8) is 0 Å². The lowest BCUT2D eigenvalue weighted by atomic mass is 9.96. The van der Waals surface area contributed by atoms with E-state index in [2.05, 4.69) is 5.10 Å². The Labute approximate surface area is 108 Å². The summed E-state index contributed by atoms with van der Waals surface area (Å²) in [6, 6.07) is 1.98. The molecule has 102 valence electrons. The maximum Gasteiger partial charge on any atom is 0.325 e. The van der Waals surface area contributed by atoms with Crippen molar-refractivity contribution in [2.75, 3.05) is 6.61 Å². The molecule has 5 heteroatoms. The summed E-state index contributed by atoms with van der Waals surface area (Å²) in [5.74, 6) is -0.320. The van der Waals surface area contributed by atoms with Crippen molar-refractivity contribution in [2.24, 2.45) is 5.73 Å². The van der Waals surface area contributed by atoms with Crippen LogP contribution in [0, 0.1) is 6.92 Å². The molecule has 1 unspecified atom stereocenters. The number of ether oxygens (including phenoxy) is 1. The van der Waals surface area contributed by atoms with Crippen LogP contribution in [-0.2, 0) is 16.1 Å². The molecule has 0 saturated carbocycles. The van der Waals surface area contributed by atoms with Gasteiger partial charge in [0.2, 0.25) is 0 Å². The number of aryl methyl sites for hydroxylation is 2. The van der Waals surface area contributed by atoms with E-state index >= 15 is 0 Å². The topological polar surface area (TPSA) is 70.1 Å². The van der Waals surface area contributed by atoms with Gasteiger partial charge in [-0.15, -0.1) is 0 Å². The third-order valence-electron chi connectivity index (χ3n) is 2.85. The van der Waals surface area contributed by atoms with Gasteiger partial charge in [-0.3, -0.25) is 9.48 Å². The fourth-order valence-electron chi connectivity index (χ4n) is 1.75. The zero-order chi connectivity index (χ0) is 13.6. The molecule has 1 heterocycles. The van der Waals surface area contributed by atoms with Crippen molar-refractivity contribution in [3.8, 4) is 0 Å². The quantitative estimate of drug-likeness (QED) is 0.592. The van der Waals surface area contributed by atoms with E-state index in [-0.39, 0.29) is 5.97 Å². The van der Waals surface area contributed by atoms with E-state index in [1.165, 1.54) is 0 Å². The van der Waals surface area contributed by atoms with Gasteiger partial charge in [0.25, 0.3) is 0 Å². The molecule has 0 spiro atoms. The second kappa shape index (κ2) is 6.54. The number of aromatic nitrogens is 2. The molecule has 5 nitrogen and oxygen atoms in total. The molecule has 1 aromatic rings. The van der Waals surface area contributed by atoms with Crippen LogP contribution in [0.3, 0.4) is 0 Å². The summed E-state index contributed by atoms with van der Waals surface area (Å²) in [6.45, 7) is 6.70. The number of unbranched alkanes of at least 4 members (excludes halogenated alkanes) is 1. The van der Waals surface area contributed by atoms with Gasteiger partial charge in [-0.2, -0.15) is 5.10 Å². The number of rotatable bonds is 7. The van der Waals surface area contributed by atoms with Crippen LogP contribution < -0.4 is 5.73 Å². The second-order valence-corrected chi connectivity index (χ2v) is 4.82. The molecule has 1 atom stereocenters. The highest BCUT2D eigenvalue weighted by Crippen LogP contribution is 2.13. The van der Waals surface area contributed by atoms with Crippen LogP contribution in [-0.4, -0.2) is 27.9 Å². The molecule has 0 bridgehead atoms. The minimum absolute atomic E-state index is 0.320. The first kappa shape index (κ1) is 14.7. The first-order valence-electron chi connectivity index (χ1n) is 6.42. The lowest BCUT2D eigenvalue weighted by Crippen LogP contribution is -2.46. The molecule has 0 amide bonds. The Hall–Kier alpha value is -1.36. The number of hydrogen-bond acceptors (Lipinski definition) is 4. The average molecular weight is 253 g/mol. The van der Waals surface area contributed by atoms with E-state index in [4.69, 9.17) is 10.5 Å². The Kier molecular flexibility index (Phi) is 5.34. The lowest BCUT2D eigenvalue weighted by Gasteiger charge is -2.21. The summed E-state index contributed by atoms with van der Waals surface area (Å²) in [7, 11) is 0. The summed E-state index contributed by atoms with van der Waals surface area (Å²) in [5, 5.41) is 4.30. The van der Waals surface area contributed by atoms with Crippen molar-refractivity contribution >= 4 is 5.97 Å². The zero-order valence-corrected chi connectivity index (χ0v) is 11.5. The third-order valence-corrected chi connectivity index (χ3v) is 2.85. The van der Waals surface area contributed by atoms with Crippen LogP contribution in [0.4, 0.5) is 0 Å². The molecule has 1 rings (SSSR count). The van der Waals surface area contributed by atoms with Crippen molar-refractivity contribution in [1.82, 2.24) is 9.78 Å². The second-order valence-electron chi connectivity index (χ2n) is 4.82. The van der Waals surface area contributed by atoms with Crippen LogP contribution in [0.25, 0.3) is 0 Å². The number of esters is 1. The standard InChI is InChI=1S/C13H23N3O2/c1-4-18-12(17)13(3,14)8-5-6-9-16-10-7-11(2)15-16/h7,10H,4-6,8-9,14H2,1-3H3. The summed E-state index contributed by atoms with van der Waals surface area (Å²) < 4.78 is 6.85. The van der Waals surface area contributed by atoms with Crippen molar-refractivity contribution in [1.29, 1.82) is 0 Å². The van der Waals surface area contributed by atoms with Crippen molar-refractivity contribution < 1.29 is 9.53 Å². The summed E-state index contributed by atoms with van der Waals surface area (Å²) in [5.41, 5.74) is 6.07. The molecule has 0 aliphatic carbocycles. The van der Waals surface area contributed by atoms with Gasteiger partial charge in [-0.1, -0.05) is 0 Å². The van der Waals surface area contributed by atoms with E-state index in [1.54, 1.807) is 13.8 Å². The Morgan fingerprint density at radius 3 is 2.83 bits per heavy atom. The van der Waals surface area contributed by atoms with Gasteiger partial charge in [0.1, 0.15) is 5.54 Å². The molecule has 0 radical (unpaired) electrons. The number of carbonyl (C=O) groups excluding carboxylic acids is 1. The first-order valence-corrected chi connectivity index (χ1v) is 6.42. The zero-order valence-electron chi connectivity index (χ0n) is 11.5. The Morgan fingerprint density at radius 2 is 2.28 bits per heavy atom. The lowest BCUT2D eigenvalue weighted by molar-refractivity contribution is -0.149. The highest BCUT2D eigenvalue weighted by atomic mass is 16.5. The number of nitrogens with two attached hydrogens (primary N) is 1. The van der Waals surface area contributed by atoms with Crippen LogP contribution >= 0.6 is 0 Å². The highest BCUT2D eigenvalue weighted by molar-refractivity contribution is 5.79. The summed E-state index contributed by atoms with van der Waals surface area (Å²) >= 11 is 0. The summed E-state index contributed by atoms with van der Waals surface area (Å²) in [4.78, 5) is 11.6. The maximum atomic E-state index is 11.6. The smallest absolute Gasteiger partial charge is 0.325 e. The predicted octanol–water partition coefficient (Wildman–Crippen LogP) is 1.64. The van der Waals surface area contributed by atoms with Crippen molar-refractivity contribution in [3.05, 3.63) is 18.0 Å². The summed E-state index contributed by atoms with van der Waals surface area (Å²) in [6.07, 6.45) is 4.42. The number of carbonyl (C=O) groups is 1. The molecule has 1 aromatic heterocycles. The number of nitrogens with zero attached hydrogens (tertiary/aromatic N) is 2. The molecule has 0 aliphatic heterocycles. The molecule has 0 fully saturated rings. The Balaban J connectivity index is 2.26. The van der Waals surface area contributed by atoms with Gasteiger partial charge in [0.05, 0.1) is 12.3 Å². The van der Waals surface area contributed by atoms with Gasteiger partial charge in [0.15, 0.2) is 0 Å². The van der Waals surface area contributed by atoms with Gasteiger partial charge in [0, 0.05) is 12.7 Å². The fraction of sp³-hybridized carbons (Fsp3) is 0.692. The Morgan fingerprint density at radius 1 is 1.56 bits per heavy atom. The molecule has 0 saturated heterocycles. The first-order chi connectivity index (χ1) is 8.45. The minimum atomic E-state index is -0.879. The molecule has 18 heavy (non-hydrogen) atoms. The molecular weight excluding hydrogens is 230 g/mol.